The van der Waals surface area contributed by atoms with Crippen LogP contribution in [-0.4, -0.2) is 20.7 Å². The van der Waals surface area contributed by atoms with Gasteiger partial charge in [0.25, 0.3) is 5.91 Å². The van der Waals surface area contributed by atoms with Crippen LogP contribution in [-0.2, 0) is 13.0 Å². The Labute approximate surface area is 106 Å². The molecular formula is C13H18N4O. The maximum Gasteiger partial charge on any atom is 0.273 e. The summed E-state index contributed by atoms with van der Waals surface area (Å²) in [6.07, 6.45) is 3.78. The summed E-state index contributed by atoms with van der Waals surface area (Å²) >= 11 is 0. The van der Waals surface area contributed by atoms with Crippen molar-refractivity contribution in [2.24, 2.45) is 0 Å². The van der Waals surface area contributed by atoms with Crippen LogP contribution in [0.25, 0.3) is 0 Å². The highest BCUT2D eigenvalue weighted by molar-refractivity contribution is 6.02. The van der Waals surface area contributed by atoms with Gasteiger partial charge in [-0.1, -0.05) is 13.8 Å². The molecule has 0 aliphatic heterocycles. The minimum absolute atomic E-state index is 0.123. The van der Waals surface area contributed by atoms with Gasteiger partial charge in [-0.2, -0.15) is 5.10 Å². The molecule has 0 aliphatic rings. The standard InChI is InChI=1S/C13H18N4O/c1-3-7-17-8-5-6-11(17)13(18)14-12-9-10(4-2)15-16-12/h5-6,8-9H,3-4,7H2,1-2H3,(H2,14,15,16,18). The van der Waals surface area contributed by atoms with Crippen molar-refractivity contribution in [2.75, 3.05) is 5.32 Å². The topological polar surface area (TPSA) is 62.7 Å². The SMILES string of the molecule is CCCn1cccc1C(=O)Nc1cc(CC)[nH]n1. The molecule has 0 aromatic carbocycles. The third-order valence-corrected chi connectivity index (χ3v) is 2.78. The molecule has 0 atom stereocenters. The Morgan fingerprint density at radius 3 is 3.00 bits per heavy atom. The second kappa shape index (κ2) is 5.53. The Kier molecular flexibility index (Phi) is 3.82. The highest BCUT2D eigenvalue weighted by atomic mass is 16.2. The molecule has 0 aliphatic carbocycles. The summed E-state index contributed by atoms with van der Waals surface area (Å²) in [5, 5.41) is 9.72. The zero-order chi connectivity index (χ0) is 13.0. The van der Waals surface area contributed by atoms with Crippen molar-refractivity contribution in [1.29, 1.82) is 0 Å². The predicted molar refractivity (Wildman–Crippen MR) is 70.6 cm³/mol. The lowest BCUT2D eigenvalue weighted by Gasteiger charge is -2.06. The number of H-pyrrole nitrogens is 1. The fourth-order valence-electron chi connectivity index (χ4n) is 1.84. The van der Waals surface area contributed by atoms with Crippen LogP contribution in [0.15, 0.2) is 24.4 Å². The minimum Gasteiger partial charge on any atom is -0.344 e. The molecule has 2 aromatic heterocycles. The first-order valence-electron chi connectivity index (χ1n) is 6.25. The summed E-state index contributed by atoms with van der Waals surface area (Å²) in [6, 6.07) is 5.55. The summed E-state index contributed by atoms with van der Waals surface area (Å²) in [5.41, 5.74) is 1.67. The Bertz CT molecular complexity index is 527. The van der Waals surface area contributed by atoms with E-state index in [2.05, 4.69) is 22.4 Å². The lowest BCUT2D eigenvalue weighted by atomic mass is 10.3. The van der Waals surface area contributed by atoms with E-state index < -0.39 is 0 Å². The van der Waals surface area contributed by atoms with Crippen LogP contribution in [0, 0.1) is 0 Å². The fourth-order valence-corrected chi connectivity index (χ4v) is 1.84. The van der Waals surface area contributed by atoms with E-state index in [9.17, 15) is 4.79 Å². The smallest absolute Gasteiger partial charge is 0.273 e. The number of hydrogen-bond acceptors (Lipinski definition) is 2. The van der Waals surface area contributed by atoms with Gasteiger partial charge in [-0.25, -0.2) is 0 Å². The lowest BCUT2D eigenvalue weighted by Crippen LogP contribution is -2.17. The summed E-state index contributed by atoms with van der Waals surface area (Å²) in [4.78, 5) is 12.1. The van der Waals surface area contributed by atoms with E-state index in [1.165, 1.54) is 0 Å². The Morgan fingerprint density at radius 2 is 2.33 bits per heavy atom. The summed E-state index contributed by atoms with van der Waals surface area (Å²) < 4.78 is 1.95. The zero-order valence-corrected chi connectivity index (χ0v) is 10.7. The molecule has 0 saturated heterocycles. The van der Waals surface area contributed by atoms with Gasteiger partial charge < -0.3 is 9.88 Å². The highest BCUT2D eigenvalue weighted by Crippen LogP contribution is 2.10. The predicted octanol–water partition coefficient (Wildman–Crippen LogP) is 2.44. The van der Waals surface area contributed by atoms with E-state index in [1.54, 1.807) is 0 Å². The largest absolute Gasteiger partial charge is 0.344 e. The van der Waals surface area contributed by atoms with Gasteiger partial charge in [0.05, 0.1) is 0 Å². The van der Waals surface area contributed by atoms with Crippen molar-refractivity contribution < 1.29 is 4.79 Å². The van der Waals surface area contributed by atoms with Crippen molar-refractivity contribution in [3.63, 3.8) is 0 Å². The second-order valence-corrected chi connectivity index (χ2v) is 4.17. The number of aromatic amines is 1. The molecule has 0 unspecified atom stereocenters. The number of aromatic nitrogens is 3. The van der Waals surface area contributed by atoms with Gasteiger partial charge >= 0.3 is 0 Å². The van der Waals surface area contributed by atoms with Crippen LogP contribution in [0.2, 0.25) is 0 Å². The average molecular weight is 246 g/mol. The number of carbonyl (C=O) groups is 1. The molecular weight excluding hydrogens is 228 g/mol. The molecule has 2 aromatic rings. The van der Waals surface area contributed by atoms with Crippen molar-refractivity contribution in [2.45, 2.75) is 33.2 Å². The highest BCUT2D eigenvalue weighted by Gasteiger charge is 2.11. The number of amides is 1. The van der Waals surface area contributed by atoms with Crippen LogP contribution in [0.5, 0.6) is 0 Å². The van der Waals surface area contributed by atoms with Gasteiger partial charge in [0.1, 0.15) is 5.69 Å². The molecule has 2 rings (SSSR count). The molecule has 0 spiro atoms. The fraction of sp³-hybridized carbons (Fsp3) is 0.385. The van der Waals surface area contributed by atoms with E-state index in [-0.39, 0.29) is 5.91 Å². The quantitative estimate of drug-likeness (QED) is 0.851. The van der Waals surface area contributed by atoms with E-state index in [0.29, 0.717) is 11.5 Å². The average Bonchev–Trinajstić information content (AvgIpc) is 2.98. The van der Waals surface area contributed by atoms with Crippen molar-refractivity contribution in [3.05, 3.63) is 35.8 Å². The molecule has 0 radical (unpaired) electrons. The first-order valence-corrected chi connectivity index (χ1v) is 6.25. The number of aryl methyl sites for hydroxylation is 2. The van der Waals surface area contributed by atoms with Gasteiger partial charge in [0.15, 0.2) is 5.82 Å². The third-order valence-electron chi connectivity index (χ3n) is 2.78. The number of nitrogens with zero attached hydrogens (tertiary/aromatic N) is 2. The molecule has 5 heteroatoms. The van der Waals surface area contributed by atoms with Crippen LogP contribution in [0.3, 0.4) is 0 Å². The van der Waals surface area contributed by atoms with E-state index in [1.807, 2.05) is 35.9 Å². The number of anilines is 1. The number of nitrogens with one attached hydrogen (secondary N) is 2. The monoisotopic (exact) mass is 246 g/mol. The summed E-state index contributed by atoms with van der Waals surface area (Å²) in [5.74, 6) is 0.448. The van der Waals surface area contributed by atoms with E-state index in [4.69, 9.17) is 0 Å². The van der Waals surface area contributed by atoms with E-state index >= 15 is 0 Å². The van der Waals surface area contributed by atoms with Gasteiger partial charge in [-0.05, 0) is 25.0 Å². The van der Waals surface area contributed by atoms with Crippen LogP contribution in [0.4, 0.5) is 5.82 Å². The Morgan fingerprint density at radius 1 is 1.50 bits per heavy atom. The van der Waals surface area contributed by atoms with Gasteiger partial charge in [-0.3, -0.25) is 9.89 Å². The number of hydrogen-bond donors (Lipinski definition) is 2. The molecule has 0 bridgehead atoms. The minimum atomic E-state index is -0.123. The molecule has 2 heterocycles. The summed E-state index contributed by atoms with van der Waals surface area (Å²) in [7, 11) is 0. The molecule has 96 valence electrons. The van der Waals surface area contributed by atoms with Gasteiger partial charge in [-0.15, -0.1) is 0 Å². The third kappa shape index (κ3) is 2.61. The molecule has 0 saturated carbocycles. The lowest BCUT2D eigenvalue weighted by molar-refractivity contribution is 0.101. The van der Waals surface area contributed by atoms with Gasteiger partial charge in [0, 0.05) is 24.5 Å². The Hall–Kier alpha value is -2.04. The van der Waals surface area contributed by atoms with Gasteiger partial charge in [0.2, 0.25) is 0 Å². The second-order valence-electron chi connectivity index (χ2n) is 4.17. The number of carbonyl (C=O) groups excluding carboxylic acids is 1. The molecule has 18 heavy (non-hydrogen) atoms. The summed E-state index contributed by atoms with van der Waals surface area (Å²) in [6.45, 7) is 4.96. The van der Waals surface area contributed by atoms with Crippen LogP contribution < -0.4 is 5.32 Å². The molecule has 0 fully saturated rings. The zero-order valence-electron chi connectivity index (χ0n) is 10.7. The number of rotatable bonds is 5. The normalized spacial score (nSPS) is 10.6. The van der Waals surface area contributed by atoms with E-state index in [0.717, 1.165) is 25.1 Å². The molecule has 1 amide bonds. The first-order chi connectivity index (χ1) is 8.74. The first kappa shape index (κ1) is 12.4. The molecule has 5 nitrogen and oxygen atoms in total. The maximum absolute atomic E-state index is 12.1. The van der Waals surface area contributed by atoms with Crippen molar-refractivity contribution in [1.82, 2.24) is 14.8 Å². The molecule has 2 N–H and O–H groups in total. The van der Waals surface area contributed by atoms with Crippen molar-refractivity contribution >= 4 is 11.7 Å². The van der Waals surface area contributed by atoms with Crippen molar-refractivity contribution in [3.8, 4) is 0 Å². The Balaban J connectivity index is 2.09. The maximum atomic E-state index is 12.1. The van der Waals surface area contributed by atoms with Crippen LogP contribution in [0.1, 0.15) is 36.5 Å². The van der Waals surface area contributed by atoms with Crippen LogP contribution >= 0.6 is 0 Å².